The summed E-state index contributed by atoms with van der Waals surface area (Å²) in [6, 6.07) is 11.4. The Balaban J connectivity index is 2.06. The van der Waals surface area contributed by atoms with Gasteiger partial charge in [0, 0.05) is 17.1 Å². The highest BCUT2D eigenvalue weighted by molar-refractivity contribution is 7.10. The molecule has 5 heteroatoms. The fraction of sp³-hybridized carbons (Fsp3) is 0.286. The van der Waals surface area contributed by atoms with E-state index in [0.29, 0.717) is 6.54 Å². The van der Waals surface area contributed by atoms with Crippen LogP contribution in [0.3, 0.4) is 0 Å². The van der Waals surface area contributed by atoms with Crippen molar-refractivity contribution < 1.29 is 10.2 Å². The molecule has 3 N–H and O–H groups in total. The zero-order valence-electron chi connectivity index (χ0n) is 10.3. The second kappa shape index (κ2) is 6.91. The van der Waals surface area contributed by atoms with E-state index >= 15 is 0 Å². The molecule has 19 heavy (non-hydrogen) atoms. The average Bonchev–Trinajstić information content (AvgIpc) is 2.98. The summed E-state index contributed by atoms with van der Waals surface area (Å²) in [6.07, 6.45) is -1.19. The van der Waals surface area contributed by atoms with Crippen molar-refractivity contribution in [2.24, 2.45) is 0 Å². The summed E-state index contributed by atoms with van der Waals surface area (Å²) in [5.74, 6) is 0.199. The standard InChI is InChI=1S/C14H16ClNO2S/c15-8-12(17)9-16-11-4-1-3-10(7-11)14(18)13-5-2-6-19-13/h1-7,12,14,16-18H,8-9H2. The minimum atomic E-state index is -0.611. The summed E-state index contributed by atoms with van der Waals surface area (Å²) < 4.78 is 0. The van der Waals surface area contributed by atoms with Gasteiger partial charge < -0.3 is 15.5 Å². The lowest BCUT2D eigenvalue weighted by atomic mass is 10.1. The number of aliphatic hydroxyl groups is 2. The van der Waals surface area contributed by atoms with Gasteiger partial charge in [-0.3, -0.25) is 0 Å². The van der Waals surface area contributed by atoms with E-state index in [-0.39, 0.29) is 5.88 Å². The Kier molecular flexibility index (Phi) is 5.22. The van der Waals surface area contributed by atoms with Gasteiger partial charge >= 0.3 is 0 Å². The monoisotopic (exact) mass is 297 g/mol. The van der Waals surface area contributed by atoms with E-state index in [0.717, 1.165) is 16.1 Å². The molecule has 0 radical (unpaired) electrons. The van der Waals surface area contributed by atoms with Gasteiger partial charge in [-0.15, -0.1) is 22.9 Å². The van der Waals surface area contributed by atoms with E-state index < -0.39 is 12.2 Å². The smallest absolute Gasteiger partial charge is 0.113 e. The maximum atomic E-state index is 10.2. The van der Waals surface area contributed by atoms with E-state index in [1.807, 2.05) is 41.8 Å². The lowest BCUT2D eigenvalue weighted by Crippen LogP contribution is -2.20. The molecule has 0 aliphatic carbocycles. The van der Waals surface area contributed by atoms with Crippen molar-refractivity contribution in [1.29, 1.82) is 0 Å². The van der Waals surface area contributed by atoms with Gasteiger partial charge in [-0.1, -0.05) is 18.2 Å². The van der Waals surface area contributed by atoms with Gasteiger partial charge in [0.05, 0.1) is 12.0 Å². The lowest BCUT2D eigenvalue weighted by molar-refractivity contribution is 0.211. The quantitative estimate of drug-likeness (QED) is 0.719. The average molecular weight is 298 g/mol. The van der Waals surface area contributed by atoms with E-state index in [1.165, 1.54) is 11.3 Å². The topological polar surface area (TPSA) is 52.5 Å². The molecule has 0 aliphatic heterocycles. The second-order valence-corrected chi connectivity index (χ2v) is 5.52. The normalized spacial score (nSPS) is 14.1. The molecule has 1 heterocycles. The van der Waals surface area contributed by atoms with Gasteiger partial charge in [0.15, 0.2) is 0 Å². The summed E-state index contributed by atoms with van der Waals surface area (Å²) in [5.41, 5.74) is 1.69. The van der Waals surface area contributed by atoms with Crippen LogP contribution >= 0.6 is 22.9 Å². The number of thiophene rings is 1. The van der Waals surface area contributed by atoms with Crippen molar-refractivity contribution in [2.45, 2.75) is 12.2 Å². The highest BCUT2D eigenvalue weighted by atomic mass is 35.5. The fourth-order valence-corrected chi connectivity index (χ4v) is 2.57. The number of halogens is 1. The van der Waals surface area contributed by atoms with Crippen LogP contribution in [0.15, 0.2) is 41.8 Å². The molecule has 102 valence electrons. The Morgan fingerprint density at radius 2 is 2.05 bits per heavy atom. The summed E-state index contributed by atoms with van der Waals surface area (Å²) in [4.78, 5) is 0.915. The van der Waals surface area contributed by atoms with Crippen LogP contribution in [0.5, 0.6) is 0 Å². The number of benzene rings is 1. The zero-order chi connectivity index (χ0) is 13.7. The van der Waals surface area contributed by atoms with Crippen LogP contribution in [0.2, 0.25) is 0 Å². The van der Waals surface area contributed by atoms with Gasteiger partial charge in [-0.25, -0.2) is 0 Å². The Bertz CT molecular complexity index is 504. The highest BCUT2D eigenvalue weighted by Crippen LogP contribution is 2.27. The Labute approximate surface area is 121 Å². The molecule has 1 aromatic heterocycles. The number of alkyl halides is 1. The van der Waals surface area contributed by atoms with Crippen LogP contribution in [0.1, 0.15) is 16.5 Å². The van der Waals surface area contributed by atoms with E-state index in [4.69, 9.17) is 11.6 Å². The molecule has 0 spiro atoms. The van der Waals surface area contributed by atoms with Crippen molar-refractivity contribution in [1.82, 2.24) is 0 Å². The molecule has 0 saturated heterocycles. The molecule has 0 fully saturated rings. The second-order valence-electron chi connectivity index (χ2n) is 4.23. The molecule has 2 rings (SSSR count). The van der Waals surface area contributed by atoms with Crippen molar-refractivity contribution >= 4 is 28.6 Å². The highest BCUT2D eigenvalue weighted by Gasteiger charge is 2.11. The van der Waals surface area contributed by atoms with Crippen LogP contribution in [0.25, 0.3) is 0 Å². The van der Waals surface area contributed by atoms with Gasteiger partial charge in [0.1, 0.15) is 6.10 Å². The first-order chi connectivity index (χ1) is 9.20. The van der Waals surface area contributed by atoms with Crippen molar-refractivity contribution in [3.8, 4) is 0 Å². The number of anilines is 1. The molecule has 2 unspecified atom stereocenters. The Morgan fingerprint density at radius 1 is 1.21 bits per heavy atom. The summed E-state index contributed by atoms with van der Waals surface area (Å²) in [7, 11) is 0. The number of aliphatic hydroxyl groups excluding tert-OH is 2. The predicted octanol–water partition coefficient (Wildman–Crippen LogP) is 2.84. The molecule has 3 nitrogen and oxygen atoms in total. The van der Waals surface area contributed by atoms with Crippen molar-refractivity contribution in [3.63, 3.8) is 0 Å². The molecule has 0 amide bonds. The lowest BCUT2D eigenvalue weighted by Gasteiger charge is -2.13. The molecule has 1 aromatic carbocycles. The molecule has 0 aliphatic rings. The summed E-state index contributed by atoms with van der Waals surface area (Å²) >= 11 is 7.06. The third kappa shape index (κ3) is 3.94. The minimum Gasteiger partial charge on any atom is -0.390 e. The van der Waals surface area contributed by atoms with Gasteiger partial charge in [0.2, 0.25) is 0 Å². The first kappa shape index (κ1) is 14.3. The van der Waals surface area contributed by atoms with Crippen LogP contribution < -0.4 is 5.32 Å². The predicted molar refractivity (Wildman–Crippen MR) is 80.0 cm³/mol. The minimum absolute atomic E-state index is 0.199. The summed E-state index contributed by atoms with van der Waals surface area (Å²) in [5, 5.41) is 24.7. The molecule has 0 bridgehead atoms. The first-order valence-corrected chi connectivity index (χ1v) is 7.41. The fourth-order valence-electron chi connectivity index (χ4n) is 1.72. The van der Waals surface area contributed by atoms with Crippen LogP contribution in [-0.2, 0) is 0 Å². The number of rotatable bonds is 6. The largest absolute Gasteiger partial charge is 0.390 e. The maximum absolute atomic E-state index is 10.2. The molecular weight excluding hydrogens is 282 g/mol. The van der Waals surface area contributed by atoms with Gasteiger partial charge in [0.25, 0.3) is 0 Å². The maximum Gasteiger partial charge on any atom is 0.113 e. The van der Waals surface area contributed by atoms with Crippen molar-refractivity contribution in [3.05, 3.63) is 52.2 Å². The molecular formula is C14H16ClNO2S. The SMILES string of the molecule is OC(CCl)CNc1cccc(C(O)c2cccs2)c1. The number of nitrogens with one attached hydrogen (secondary N) is 1. The zero-order valence-corrected chi connectivity index (χ0v) is 11.9. The molecule has 2 atom stereocenters. The van der Waals surface area contributed by atoms with E-state index in [9.17, 15) is 10.2 Å². The third-order valence-corrected chi connectivity index (χ3v) is 4.02. The van der Waals surface area contributed by atoms with Crippen LogP contribution in [0.4, 0.5) is 5.69 Å². The Hall–Kier alpha value is -1.07. The van der Waals surface area contributed by atoms with Gasteiger partial charge in [-0.05, 0) is 29.1 Å². The van der Waals surface area contributed by atoms with Crippen LogP contribution in [0, 0.1) is 0 Å². The van der Waals surface area contributed by atoms with Gasteiger partial charge in [-0.2, -0.15) is 0 Å². The number of hydrogen-bond acceptors (Lipinski definition) is 4. The van der Waals surface area contributed by atoms with Crippen molar-refractivity contribution in [2.75, 3.05) is 17.7 Å². The first-order valence-electron chi connectivity index (χ1n) is 6.00. The van der Waals surface area contributed by atoms with E-state index in [1.54, 1.807) is 0 Å². The summed E-state index contributed by atoms with van der Waals surface area (Å²) in [6.45, 7) is 0.391. The number of hydrogen-bond donors (Lipinski definition) is 3. The molecule has 0 saturated carbocycles. The molecule has 2 aromatic rings. The third-order valence-electron chi connectivity index (χ3n) is 2.73. The van der Waals surface area contributed by atoms with Crippen LogP contribution in [-0.4, -0.2) is 28.7 Å². The Morgan fingerprint density at radius 3 is 2.74 bits per heavy atom. The van der Waals surface area contributed by atoms with E-state index in [2.05, 4.69) is 5.32 Å².